The summed E-state index contributed by atoms with van der Waals surface area (Å²) < 4.78 is 5.23. The average molecular weight is 212 g/mol. The van der Waals surface area contributed by atoms with E-state index in [0.717, 1.165) is 5.69 Å². The highest BCUT2D eigenvalue weighted by Gasteiger charge is 2.27. The molecule has 0 N–H and O–H groups in total. The summed E-state index contributed by atoms with van der Waals surface area (Å²) in [6, 6.07) is 9.80. The second-order valence-electron chi connectivity index (χ2n) is 3.15. The van der Waals surface area contributed by atoms with Gasteiger partial charge in [-0.2, -0.15) is 0 Å². The molecule has 1 unspecified atom stereocenters. The van der Waals surface area contributed by atoms with Gasteiger partial charge in [-0.05, 0) is 23.7 Å². The van der Waals surface area contributed by atoms with Crippen molar-refractivity contribution in [3.63, 3.8) is 0 Å². The van der Waals surface area contributed by atoms with Crippen LogP contribution in [0, 0.1) is 0 Å². The maximum absolute atomic E-state index is 10.8. The van der Waals surface area contributed by atoms with Gasteiger partial charge in [0.2, 0.25) is 0 Å². The highest BCUT2D eigenvalue weighted by molar-refractivity contribution is 6.64. The molecule has 1 aromatic rings. The normalized spacial score (nSPS) is 21.2. The fourth-order valence-electron chi connectivity index (χ4n) is 1.44. The Kier molecular flexibility index (Phi) is 2.70. The first-order valence-electron chi connectivity index (χ1n) is 4.38. The summed E-state index contributed by atoms with van der Waals surface area (Å²) in [5.41, 5.74) is 1.05. The van der Waals surface area contributed by atoms with E-state index in [4.69, 9.17) is 16.3 Å². The molecule has 0 aromatic heterocycles. The molecule has 1 saturated heterocycles. The first-order valence-corrected chi connectivity index (χ1v) is 4.76. The molecule has 1 aliphatic rings. The Labute approximate surface area is 87.2 Å². The Morgan fingerprint density at radius 2 is 2.14 bits per heavy atom. The number of halogens is 1. The third-order valence-corrected chi connectivity index (χ3v) is 2.44. The van der Waals surface area contributed by atoms with Crippen LogP contribution in [0.15, 0.2) is 30.3 Å². The summed E-state index contributed by atoms with van der Waals surface area (Å²) in [4.78, 5) is 12.8. The smallest absolute Gasteiger partial charge is 0.252 e. The van der Waals surface area contributed by atoms with Gasteiger partial charge < -0.3 is 9.64 Å². The Balaban J connectivity index is 2.06. The summed E-state index contributed by atoms with van der Waals surface area (Å²) in [5.74, 6) is 0. The molecule has 1 aliphatic heterocycles. The first kappa shape index (κ1) is 9.49. The minimum absolute atomic E-state index is 0.424. The second-order valence-corrected chi connectivity index (χ2v) is 3.52. The first-order chi connectivity index (χ1) is 6.77. The van der Waals surface area contributed by atoms with Crippen LogP contribution in [0.5, 0.6) is 0 Å². The third kappa shape index (κ3) is 1.89. The molecule has 0 spiro atoms. The van der Waals surface area contributed by atoms with Crippen molar-refractivity contribution in [2.75, 3.05) is 18.2 Å². The highest BCUT2D eigenvalue weighted by atomic mass is 35.5. The molecule has 4 heteroatoms. The van der Waals surface area contributed by atoms with Crippen molar-refractivity contribution < 1.29 is 9.53 Å². The molecule has 14 heavy (non-hydrogen) atoms. The lowest BCUT2D eigenvalue weighted by Gasteiger charge is -2.14. The van der Waals surface area contributed by atoms with E-state index in [1.807, 2.05) is 35.2 Å². The summed E-state index contributed by atoms with van der Waals surface area (Å²) >= 11 is 5.35. The van der Waals surface area contributed by atoms with Gasteiger partial charge in [0.15, 0.2) is 6.10 Å². The van der Waals surface area contributed by atoms with E-state index in [1.165, 1.54) is 0 Å². The van der Waals surface area contributed by atoms with E-state index in [-0.39, 0.29) is 0 Å². The van der Waals surface area contributed by atoms with Crippen molar-refractivity contribution in [3.8, 4) is 0 Å². The molecule has 0 radical (unpaired) electrons. The molecule has 2 rings (SSSR count). The molecule has 0 bridgehead atoms. The zero-order valence-corrected chi connectivity index (χ0v) is 8.28. The van der Waals surface area contributed by atoms with E-state index in [9.17, 15) is 4.79 Å². The van der Waals surface area contributed by atoms with Crippen molar-refractivity contribution in [3.05, 3.63) is 30.3 Å². The van der Waals surface area contributed by atoms with Gasteiger partial charge in [0, 0.05) is 5.69 Å². The lowest BCUT2D eigenvalue weighted by Crippen LogP contribution is -2.24. The van der Waals surface area contributed by atoms with E-state index < -0.39 is 11.3 Å². The van der Waals surface area contributed by atoms with Crippen LogP contribution in [0.1, 0.15) is 0 Å². The lowest BCUT2D eigenvalue weighted by molar-refractivity contribution is -0.119. The molecule has 0 amide bonds. The number of para-hydroxylation sites is 1. The van der Waals surface area contributed by atoms with Crippen LogP contribution in [0.3, 0.4) is 0 Å². The summed E-state index contributed by atoms with van der Waals surface area (Å²) in [5, 5.41) is -0.427. The molecule has 0 saturated carbocycles. The van der Waals surface area contributed by atoms with Gasteiger partial charge in [0.25, 0.3) is 5.24 Å². The Morgan fingerprint density at radius 3 is 2.71 bits per heavy atom. The van der Waals surface area contributed by atoms with Crippen molar-refractivity contribution in [2.45, 2.75) is 6.10 Å². The average Bonchev–Trinajstić information content (AvgIpc) is 2.68. The molecular formula is C10H10ClNO2. The maximum Gasteiger partial charge on any atom is 0.252 e. The van der Waals surface area contributed by atoms with Gasteiger partial charge in [0.1, 0.15) is 6.73 Å². The SMILES string of the molecule is O=C(Cl)C1CN(c2ccccc2)CO1. The van der Waals surface area contributed by atoms with Gasteiger partial charge in [-0.25, -0.2) is 0 Å². The van der Waals surface area contributed by atoms with Gasteiger partial charge in [-0.1, -0.05) is 18.2 Å². The molecule has 1 fully saturated rings. The van der Waals surface area contributed by atoms with Crippen molar-refractivity contribution in [1.29, 1.82) is 0 Å². The van der Waals surface area contributed by atoms with Crippen LogP contribution in [-0.4, -0.2) is 24.6 Å². The predicted molar refractivity (Wildman–Crippen MR) is 54.4 cm³/mol. The number of anilines is 1. The minimum Gasteiger partial charge on any atom is -0.347 e. The van der Waals surface area contributed by atoms with Crippen molar-refractivity contribution in [2.24, 2.45) is 0 Å². The van der Waals surface area contributed by atoms with E-state index in [0.29, 0.717) is 13.3 Å². The summed E-state index contributed by atoms with van der Waals surface area (Å²) in [6.07, 6.45) is -0.489. The van der Waals surface area contributed by atoms with Crippen LogP contribution >= 0.6 is 11.6 Å². The quantitative estimate of drug-likeness (QED) is 0.697. The third-order valence-electron chi connectivity index (χ3n) is 2.19. The maximum atomic E-state index is 10.8. The number of hydrogen-bond donors (Lipinski definition) is 0. The predicted octanol–water partition coefficient (Wildman–Crippen LogP) is 1.61. The van der Waals surface area contributed by atoms with Gasteiger partial charge in [0.05, 0.1) is 6.54 Å². The largest absolute Gasteiger partial charge is 0.347 e. The number of carbonyl (C=O) groups is 1. The number of ether oxygens (including phenoxy) is 1. The van der Waals surface area contributed by atoms with Crippen LogP contribution in [0.2, 0.25) is 0 Å². The molecule has 3 nitrogen and oxygen atoms in total. The second kappa shape index (κ2) is 3.98. The molecule has 1 aromatic carbocycles. The lowest BCUT2D eigenvalue weighted by atomic mass is 10.3. The molecule has 1 heterocycles. The van der Waals surface area contributed by atoms with E-state index in [2.05, 4.69) is 0 Å². The highest BCUT2D eigenvalue weighted by Crippen LogP contribution is 2.19. The van der Waals surface area contributed by atoms with E-state index >= 15 is 0 Å². The van der Waals surface area contributed by atoms with Gasteiger partial charge in [-0.3, -0.25) is 4.79 Å². The molecule has 74 valence electrons. The van der Waals surface area contributed by atoms with Crippen LogP contribution in [0.25, 0.3) is 0 Å². The summed E-state index contributed by atoms with van der Waals surface area (Å²) in [7, 11) is 0. The minimum atomic E-state index is -0.489. The fourth-order valence-corrected chi connectivity index (χ4v) is 1.57. The van der Waals surface area contributed by atoms with E-state index in [1.54, 1.807) is 0 Å². The summed E-state index contributed by atoms with van der Waals surface area (Å²) in [6.45, 7) is 0.958. The Morgan fingerprint density at radius 1 is 1.43 bits per heavy atom. The van der Waals surface area contributed by atoms with Crippen LogP contribution in [-0.2, 0) is 9.53 Å². The Bertz CT molecular complexity index is 328. The zero-order valence-electron chi connectivity index (χ0n) is 7.52. The molecule has 1 atom stereocenters. The fraction of sp³-hybridized carbons (Fsp3) is 0.300. The Hall–Kier alpha value is -1.06. The van der Waals surface area contributed by atoms with Gasteiger partial charge in [-0.15, -0.1) is 0 Å². The number of benzene rings is 1. The number of rotatable bonds is 2. The number of hydrogen-bond acceptors (Lipinski definition) is 3. The van der Waals surface area contributed by atoms with Crippen molar-refractivity contribution in [1.82, 2.24) is 0 Å². The molecule has 0 aliphatic carbocycles. The standard InChI is InChI=1S/C10H10ClNO2/c11-10(13)9-6-12(7-14-9)8-4-2-1-3-5-8/h1-5,9H,6-7H2. The van der Waals surface area contributed by atoms with Crippen molar-refractivity contribution >= 4 is 22.5 Å². The zero-order chi connectivity index (χ0) is 9.97. The van der Waals surface area contributed by atoms with Crippen LogP contribution in [0.4, 0.5) is 5.69 Å². The number of carbonyl (C=O) groups excluding carboxylic acids is 1. The topological polar surface area (TPSA) is 29.5 Å². The monoisotopic (exact) mass is 211 g/mol. The number of nitrogens with zero attached hydrogens (tertiary/aromatic N) is 1. The van der Waals surface area contributed by atoms with Gasteiger partial charge >= 0.3 is 0 Å². The molecular weight excluding hydrogens is 202 g/mol. The van der Waals surface area contributed by atoms with Crippen LogP contribution < -0.4 is 4.90 Å².